The summed E-state index contributed by atoms with van der Waals surface area (Å²) in [5.41, 5.74) is 12.0. The fourth-order valence-electron chi connectivity index (χ4n) is 3.93. The zero-order valence-electron chi connectivity index (χ0n) is 17.8. The summed E-state index contributed by atoms with van der Waals surface area (Å²) < 4.78 is 27.5. The van der Waals surface area contributed by atoms with Crippen LogP contribution in [0.25, 0.3) is 0 Å². The molecule has 0 bridgehead atoms. The predicted octanol–water partition coefficient (Wildman–Crippen LogP) is 0.342. The Hall–Kier alpha value is -2.52. The third kappa shape index (κ3) is 5.35. The number of aryl methyl sites for hydroxylation is 1. The number of sulfonamides is 1. The minimum atomic E-state index is -3.35. The summed E-state index contributed by atoms with van der Waals surface area (Å²) in [5.74, 6) is -0.165. The van der Waals surface area contributed by atoms with E-state index in [0.717, 1.165) is 5.56 Å². The van der Waals surface area contributed by atoms with Crippen LogP contribution in [0.3, 0.4) is 0 Å². The zero-order chi connectivity index (χ0) is 23.6. The van der Waals surface area contributed by atoms with Crippen molar-refractivity contribution in [3.05, 3.63) is 45.3 Å². The highest BCUT2D eigenvalue weighted by Gasteiger charge is 2.42. The van der Waals surface area contributed by atoms with Crippen molar-refractivity contribution in [2.24, 2.45) is 4.99 Å². The summed E-state index contributed by atoms with van der Waals surface area (Å²) >= 11 is 1.87. The summed E-state index contributed by atoms with van der Waals surface area (Å²) in [4.78, 5) is 24.6. The Labute approximate surface area is 205 Å². The van der Waals surface area contributed by atoms with E-state index in [2.05, 4.69) is 25.6 Å². The van der Waals surface area contributed by atoms with Crippen LogP contribution < -0.4 is 22.1 Å². The van der Waals surface area contributed by atoms with Gasteiger partial charge in [0.25, 0.3) is 0 Å². The van der Waals surface area contributed by atoms with Crippen molar-refractivity contribution in [2.75, 3.05) is 36.9 Å². The number of piperidine rings is 1. The first kappa shape index (κ1) is 23.6. The van der Waals surface area contributed by atoms with E-state index in [0.29, 0.717) is 48.6 Å². The smallest absolute Gasteiger partial charge is 0.302 e. The van der Waals surface area contributed by atoms with Gasteiger partial charge in [0, 0.05) is 19.6 Å². The SMILES string of the molecule is Nc1nc(N)c(C(=O)/N=C2\NCC3(CCN(S(=O)(=O)CCc4ccccc4)CC3)N2)nc1I. The van der Waals surface area contributed by atoms with E-state index in [-0.39, 0.29) is 28.6 Å². The lowest BCUT2D eigenvalue weighted by molar-refractivity contribution is 0.0998. The quantitative estimate of drug-likeness (QED) is 0.362. The number of nitrogen functional groups attached to an aromatic ring is 2. The summed E-state index contributed by atoms with van der Waals surface area (Å²) in [5, 5.41) is 6.36. The number of amides is 1. The number of aromatic nitrogens is 2. The van der Waals surface area contributed by atoms with Gasteiger partial charge in [0.05, 0.1) is 11.3 Å². The molecule has 1 spiro atoms. The van der Waals surface area contributed by atoms with Gasteiger partial charge in [0.1, 0.15) is 3.70 Å². The van der Waals surface area contributed by atoms with Crippen molar-refractivity contribution >= 4 is 56.1 Å². The van der Waals surface area contributed by atoms with Crippen molar-refractivity contribution in [1.29, 1.82) is 0 Å². The van der Waals surface area contributed by atoms with Gasteiger partial charge >= 0.3 is 5.91 Å². The Morgan fingerprint density at radius 3 is 2.55 bits per heavy atom. The Kier molecular flexibility index (Phi) is 6.72. The molecule has 2 aliphatic heterocycles. The van der Waals surface area contributed by atoms with E-state index in [1.54, 1.807) is 4.31 Å². The van der Waals surface area contributed by atoms with Crippen LogP contribution in [-0.2, 0) is 16.4 Å². The van der Waals surface area contributed by atoms with Gasteiger partial charge in [-0.25, -0.2) is 22.7 Å². The first-order valence-corrected chi connectivity index (χ1v) is 13.1. The number of hydrogen-bond acceptors (Lipinski definition) is 7. The third-order valence-electron chi connectivity index (χ3n) is 5.86. The molecule has 13 heteroatoms. The molecule has 1 amide bonds. The summed E-state index contributed by atoms with van der Waals surface area (Å²) in [6.07, 6.45) is 1.68. The van der Waals surface area contributed by atoms with Gasteiger partial charge < -0.3 is 22.1 Å². The molecule has 2 aromatic rings. The number of rotatable bonds is 5. The maximum absolute atomic E-state index is 12.8. The van der Waals surface area contributed by atoms with E-state index >= 15 is 0 Å². The molecule has 0 aliphatic carbocycles. The van der Waals surface area contributed by atoms with Crippen molar-refractivity contribution in [3.8, 4) is 0 Å². The number of nitrogens with zero attached hydrogens (tertiary/aromatic N) is 4. The minimum absolute atomic E-state index is 0.0648. The minimum Gasteiger partial charge on any atom is -0.382 e. The fourth-order valence-corrected chi connectivity index (χ4v) is 5.78. The molecule has 1 aromatic carbocycles. The van der Waals surface area contributed by atoms with Crippen LogP contribution in [-0.4, -0.2) is 65.5 Å². The van der Waals surface area contributed by atoms with E-state index in [9.17, 15) is 13.2 Å². The van der Waals surface area contributed by atoms with Crippen LogP contribution >= 0.6 is 22.6 Å². The molecule has 176 valence electrons. The van der Waals surface area contributed by atoms with Crippen molar-refractivity contribution < 1.29 is 13.2 Å². The van der Waals surface area contributed by atoms with E-state index in [4.69, 9.17) is 11.5 Å². The average molecular weight is 584 g/mol. The topological polar surface area (TPSA) is 169 Å². The fraction of sp³-hybridized carbons (Fsp3) is 0.400. The van der Waals surface area contributed by atoms with Gasteiger partial charge in [-0.15, -0.1) is 0 Å². The van der Waals surface area contributed by atoms with Crippen LogP contribution in [0.4, 0.5) is 11.6 Å². The molecule has 0 saturated carbocycles. The first-order valence-electron chi connectivity index (χ1n) is 10.4. The second-order valence-corrected chi connectivity index (χ2v) is 11.2. The van der Waals surface area contributed by atoms with Gasteiger partial charge in [0.2, 0.25) is 10.0 Å². The van der Waals surface area contributed by atoms with Gasteiger partial charge in [-0.3, -0.25) is 4.79 Å². The molecule has 1 aromatic heterocycles. The highest BCUT2D eigenvalue weighted by Crippen LogP contribution is 2.26. The molecule has 0 atom stereocenters. The summed E-state index contributed by atoms with van der Waals surface area (Å²) in [6.45, 7) is 1.35. The number of aliphatic imine (C=N–C) groups is 1. The Bertz CT molecular complexity index is 1180. The number of carbonyl (C=O) groups is 1. The standard InChI is InChI=1S/C20H25IN8O3S/c21-15-17(23)26-16(22)14(25-15)18(30)27-19-24-12-20(28-19)7-9-29(10-8-20)33(31,32)11-6-13-4-2-1-3-5-13/h1-5H,6-12H2,(H4,22,23,26)(H2,24,27,28,30). The number of halogens is 1. The highest BCUT2D eigenvalue weighted by atomic mass is 127. The molecule has 2 fully saturated rings. The maximum atomic E-state index is 12.8. The number of anilines is 2. The Morgan fingerprint density at radius 2 is 1.85 bits per heavy atom. The zero-order valence-corrected chi connectivity index (χ0v) is 20.8. The molecule has 4 rings (SSSR count). The Morgan fingerprint density at radius 1 is 1.15 bits per heavy atom. The second-order valence-electron chi connectivity index (χ2n) is 8.11. The summed E-state index contributed by atoms with van der Waals surface area (Å²) in [6, 6.07) is 9.59. The van der Waals surface area contributed by atoms with Gasteiger partial charge in [-0.2, -0.15) is 4.99 Å². The third-order valence-corrected chi connectivity index (χ3v) is 8.53. The van der Waals surface area contributed by atoms with E-state index < -0.39 is 15.9 Å². The lowest BCUT2D eigenvalue weighted by Crippen LogP contribution is -2.54. The van der Waals surface area contributed by atoms with Crippen LogP contribution in [0, 0.1) is 3.70 Å². The summed E-state index contributed by atoms with van der Waals surface area (Å²) in [7, 11) is -3.35. The van der Waals surface area contributed by atoms with Crippen molar-refractivity contribution in [3.63, 3.8) is 0 Å². The molecular formula is C20H25IN8O3S. The first-order chi connectivity index (χ1) is 15.7. The van der Waals surface area contributed by atoms with Gasteiger partial charge in [-0.1, -0.05) is 30.3 Å². The predicted molar refractivity (Wildman–Crippen MR) is 134 cm³/mol. The molecule has 0 unspecified atom stereocenters. The molecule has 6 N–H and O–H groups in total. The van der Waals surface area contributed by atoms with Gasteiger partial charge in [-0.05, 0) is 47.4 Å². The molecule has 2 aliphatic rings. The van der Waals surface area contributed by atoms with E-state index in [1.165, 1.54) is 0 Å². The Balaban J connectivity index is 1.36. The molecule has 2 saturated heterocycles. The lowest BCUT2D eigenvalue weighted by Gasteiger charge is -2.38. The lowest BCUT2D eigenvalue weighted by atomic mass is 9.90. The van der Waals surface area contributed by atoms with Crippen LogP contribution in [0.15, 0.2) is 35.3 Å². The van der Waals surface area contributed by atoms with Crippen molar-refractivity contribution in [2.45, 2.75) is 24.8 Å². The largest absolute Gasteiger partial charge is 0.382 e. The second kappa shape index (κ2) is 9.38. The number of nitrogens with two attached hydrogens (primary N) is 2. The highest BCUT2D eigenvalue weighted by molar-refractivity contribution is 14.1. The number of nitrogens with one attached hydrogen (secondary N) is 2. The molecule has 33 heavy (non-hydrogen) atoms. The van der Waals surface area contributed by atoms with E-state index in [1.807, 2.05) is 52.9 Å². The number of guanidine groups is 1. The number of carbonyl (C=O) groups excluding carboxylic acids is 1. The van der Waals surface area contributed by atoms with Crippen LogP contribution in [0.2, 0.25) is 0 Å². The number of hydrogen-bond donors (Lipinski definition) is 4. The van der Waals surface area contributed by atoms with Crippen molar-refractivity contribution in [1.82, 2.24) is 24.9 Å². The van der Waals surface area contributed by atoms with Crippen LogP contribution in [0.1, 0.15) is 28.9 Å². The number of benzene rings is 1. The monoisotopic (exact) mass is 584 g/mol. The molecule has 0 radical (unpaired) electrons. The van der Waals surface area contributed by atoms with Gasteiger partial charge in [0.15, 0.2) is 23.3 Å². The normalized spacial score (nSPS) is 19.4. The van der Waals surface area contributed by atoms with Crippen LogP contribution in [0.5, 0.6) is 0 Å². The molecular weight excluding hydrogens is 559 g/mol. The molecule has 3 heterocycles. The maximum Gasteiger partial charge on any atom is 0.302 e. The molecule has 11 nitrogen and oxygen atoms in total. The average Bonchev–Trinajstić information content (AvgIpc) is 3.17.